The number of nitrogens with zero attached hydrogens (tertiary/aromatic N) is 2. The van der Waals surface area contributed by atoms with E-state index in [-0.39, 0.29) is 33.8 Å². The summed E-state index contributed by atoms with van der Waals surface area (Å²) < 4.78 is 4.86. The lowest BCUT2D eigenvalue weighted by Crippen LogP contribution is -2.43. The number of hydrogen-bond donors (Lipinski definition) is 1. The average molecular weight is 502 g/mol. The Morgan fingerprint density at radius 2 is 1.75 bits per heavy atom. The van der Waals surface area contributed by atoms with Crippen LogP contribution in [0.5, 0.6) is 0 Å². The van der Waals surface area contributed by atoms with E-state index in [0.717, 1.165) is 4.90 Å². The number of halogens is 1. The Morgan fingerprint density at radius 3 is 2.39 bits per heavy atom. The Bertz CT molecular complexity index is 1420. The van der Waals surface area contributed by atoms with Crippen molar-refractivity contribution in [1.82, 2.24) is 5.32 Å². The number of fused-ring (bicyclic) bond motifs is 1. The summed E-state index contributed by atoms with van der Waals surface area (Å²) in [4.78, 5) is 55.3. The fourth-order valence-corrected chi connectivity index (χ4v) is 4.34. The highest BCUT2D eigenvalue weighted by Crippen LogP contribution is 2.31. The second-order valence-electron chi connectivity index (χ2n) is 8.14. The minimum Gasteiger partial charge on any atom is -0.467 e. The van der Waals surface area contributed by atoms with Gasteiger partial charge < -0.3 is 10.1 Å². The number of methoxy groups -OCH3 is 1. The van der Waals surface area contributed by atoms with Crippen molar-refractivity contribution in [2.75, 3.05) is 12.0 Å². The summed E-state index contributed by atoms with van der Waals surface area (Å²) in [5.41, 5.74) is 2.64. The van der Waals surface area contributed by atoms with Gasteiger partial charge in [0.05, 0.1) is 35.5 Å². The summed E-state index contributed by atoms with van der Waals surface area (Å²) in [6.45, 7) is 8.87. The van der Waals surface area contributed by atoms with Crippen molar-refractivity contribution in [2.24, 2.45) is 0 Å². The monoisotopic (exact) mass is 501 g/mol. The van der Waals surface area contributed by atoms with Crippen molar-refractivity contribution in [1.29, 1.82) is 0 Å². The lowest BCUT2D eigenvalue weighted by Gasteiger charge is -2.19. The number of carbonyl (C=O) groups is 4. The number of ether oxygens (including phenoxy) is 1. The van der Waals surface area contributed by atoms with E-state index in [1.54, 1.807) is 49.4 Å². The Morgan fingerprint density at radius 1 is 1.06 bits per heavy atom. The highest BCUT2D eigenvalue weighted by Gasteiger charge is 2.36. The number of hydrogen-bond acceptors (Lipinski definition) is 5. The molecule has 36 heavy (non-hydrogen) atoms. The molecule has 1 aliphatic heterocycles. The number of aryl methyl sites for hydroxylation is 1. The number of imide groups is 1. The van der Waals surface area contributed by atoms with Crippen molar-refractivity contribution in [2.45, 2.75) is 19.4 Å². The Hall–Kier alpha value is -4.48. The van der Waals surface area contributed by atoms with Gasteiger partial charge in [-0.15, -0.1) is 0 Å². The lowest BCUT2D eigenvalue weighted by atomic mass is 10.0. The maximum atomic E-state index is 12.9. The number of anilines is 1. The van der Waals surface area contributed by atoms with Crippen molar-refractivity contribution in [3.8, 4) is 0 Å². The number of carbonyl (C=O) groups excluding carboxylic acids is 4. The third-order valence-corrected chi connectivity index (χ3v) is 6.19. The lowest BCUT2D eigenvalue weighted by molar-refractivity contribution is -0.142. The second-order valence-corrected chi connectivity index (χ2v) is 8.55. The Labute approximate surface area is 212 Å². The number of amides is 3. The standard InChI is InChI=1S/C27H20ClN3O5/c1-15-5-4-6-21(28)23(15)24(32)30-22(27(35)36-3)13-16-7-10-18(11-8-16)31-25(33)19-12-9-17(29-2)14-20(19)26(31)34/h4-12,14,22H,13H2,1,3H3,(H,30,32). The molecule has 0 aliphatic carbocycles. The molecular weight excluding hydrogens is 482 g/mol. The largest absolute Gasteiger partial charge is 0.467 e. The first-order chi connectivity index (χ1) is 17.2. The molecule has 0 spiro atoms. The van der Waals surface area contributed by atoms with Gasteiger partial charge in [0.2, 0.25) is 0 Å². The third kappa shape index (κ3) is 4.57. The zero-order valence-corrected chi connectivity index (χ0v) is 20.1. The molecule has 9 heteroatoms. The predicted molar refractivity (Wildman–Crippen MR) is 133 cm³/mol. The van der Waals surface area contributed by atoms with Gasteiger partial charge >= 0.3 is 5.97 Å². The first-order valence-corrected chi connectivity index (χ1v) is 11.3. The van der Waals surface area contributed by atoms with Crippen LogP contribution in [0.2, 0.25) is 5.02 Å². The zero-order chi connectivity index (χ0) is 26.0. The van der Waals surface area contributed by atoms with Crippen LogP contribution in [0.25, 0.3) is 4.85 Å². The summed E-state index contributed by atoms with van der Waals surface area (Å²) in [5.74, 6) is -2.12. The molecule has 180 valence electrons. The molecule has 0 fully saturated rings. The topological polar surface area (TPSA) is 97.1 Å². The van der Waals surface area contributed by atoms with Gasteiger partial charge in [0.25, 0.3) is 17.7 Å². The highest BCUT2D eigenvalue weighted by molar-refractivity contribution is 6.35. The maximum absolute atomic E-state index is 12.9. The van der Waals surface area contributed by atoms with Crippen molar-refractivity contribution < 1.29 is 23.9 Å². The third-order valence-electron chi connectivity index (χ3n) is 5.87. The number of benzene rings is 3. The van der Waals surface area contributed by atoms with Gasteiger partial charge in [0, 0.05) is 12.0 Å². The van der Waals surface area contributed by atoms with E-state index >= 15 is 0 Å². The molecule has 1 unspecified atom stereocenters. The van der Waals surface area contributed by atoms with Crippen molar-refractivity contribution >= 4 is 46.7 Å². The van der Waals surface area contributed by atoms with E-state index in [9.17, 15) is 19.2 Å². The maximum Gasteiger partial charge on any atom is 0.328 e. The predicted octanol–water partition coefficient (Wildman–Crippen LogP) is 4.51. The van der Waals surface area contributed by atoms with Crippen LogP contribution >= 0.6 is 11.6 Å². The fourth-order valence-electron chi connectivity index (χ4n) is 4.04. The second kappa shape index (κ2) is 10.0. The van der Waals surface area contributed by atoms with Crippen LogP contribution < -0.4 is 10.2 Å². The molecule has 3 amide bonds. The summed E-state index contributed by atoms with van der Waals surface area (Å²) in [6.07, 6.45) is 0.110. The smallest absolute Gasteiger partial charge is 0.328 e. The molecule has 0 saturated carbocycles. The first kappa shape index (κ1) is 24.6. The van der Waals surface area contributed by atoms with Crippen molar-refractivity contribution in [3.05, 3.63) is 105 Å². The van der Waals surface area contributed by atoms with Crippen LogP contribution in [0.3, 0.4) is 0 Å². The van der Waals surface area contributed by atoms with E-state index in [0.29, 0.717) is 16.8 Å². The van der Waals surface area contributed by atoms with Crippen LogP contribution in [0.4, 0.5) is 11.4 Å². The minimum absolute atomic E-state index is 0.110. The van der Waals surface area contributed by atoms with Crippen LogP contribution in [0.15, 0.2) is 60.7 Å². The molecule has 3 aromatic rings. The summed E-state index contributed by atoms with van der Waals surface area (Å²) in [7, 11) is 1.23. The van der Waals surface area contributed by atoms with Crippen LogP contribution in [-0.4, -0.2) is 36.8 Å². The molecule has 3 aromatic carbocycles. The Balaban J connectivity index is 1.53. The number of esters is 1. The average Bonchev–Trinajstić information content (AvgIpc) is 3.12. The van der Waals surface area contributed by atoms with Crippen LogP contribution in [0, 0.1) is 13.5 Å². The van der Waals surface area contributed by atoms with Gasteiger partial charge in [0.15, 0.2) is 5.69 Å². The quantitative estimate of drug-likeness (QED) is 0.304. The molecule has 1 atom stereocenters. The number of rotatable bonds is 6. The summed E-state index contributed by atoms with van der Waals surface area (Å²) in [6, 6.07) is 14.9. The van der Waals surface area contributed by atoms with E-state index < -0.39 is 29.7 Å². The zero-order valence-electron chi connectivity index (χ0n) is 19.4. The first-order valence-electron chi connectivity index (χ1n) is 10.9. The highest BCUT2D eigenvalue weighted by atomic mass is 35.5. The van der Waals surface area contributed by atoms with Gasteiger partial charge in [-0.1, -0.05) is 48.0 Å². The van der Waals surface area contributed by atoms with Gasteiger partial charge in [-0.25, -0.2) is 14.5 Å². The molecule has 4 rings (SSSR count). The summed E-state index contributed by atoms with van der Waals surface area (Å²) in [5, 5.41) is 2.95. The molecule has 1 N–H and O–H groups in total. The van der Waals surface area contributed by atoms with Gasteiger partial charge in [-0.05, 0) is 42.3 Å². The molecule has 0 bridgehead atoms. The van der Waals surface area contributed by atoms with Gasteiger partial charge in [-0.2, -0.15) is 0 Å². The minimum atomic E-state index is -0.990. The summed E-state index contributed by atoms with van der Waals surface area (Å²) >= 11 is 6.18. The molecule has 0 radical (unpaired) electrons. The molecule has 1 aliphatic rings. The van der Waals surface area contributed by atoms with E-state index in [4.69, 9.17) is 22.9 Å². The van der Waals surface area contributed by atoms with E-state index in [2.05, 4.69) is 10.2 Å². The normalized spacial score (nSPS) is 13.1. The van der Waals surface area contributed by atoms with Crippen LogP contribution in [-0.2, 0) is 16.0 Å². The molecule has 8 nitrogen and oxygen atoms in total. The fraction of sp³-hybridized carbons (Fsp3) is 0.148. The van der Waals surface area contributed by atoms with E-state index in [1.165, 1.54) is 25.3 Å². The molecule has 1 heterocycles. The van der Waals surface area contributed by atoms with Gasteiger partial charge in [-0.3, -0.25) is 14.4 Å². The van der Waals surface area contributed by atoms with E-state index in [1.807, 2.05) is 0 Å². The van der Waals surface area contributed by atoms with Crippen LogP contribution in [0.1, 0.15) is 42.2 Å². The van der Waals surface area contributed by atoms with Gasteiger partial charge in [0.1, 0.15) is 6.04 Å². The number of nitrogens with one attached hydrogen (secondary N) is 1. The Kier molecular flexibility index (Phi) is 6.86. The molecule has 0 aromatic heterocycles. The van der Waals surface area contributed by atoms with Crippen molar-refractivity contribution in [3.63, 3.8) is 0 Å². The molecular formula is C27H20ClN3O5. The molecule has 0 saturated heterocycles. The SMILES string of the molecule is [C-]#[N+]c1ccc2c(c1)C(=O)N(c1ccc(CC(NC(=O)c3c(C)cccc3Cl)C(=O)OC)cc1)C2=O.